The lowest BCUT2D eigenvalue weighted by atomic mass is 10.0. The molecule has 8 nitrogen and oxygen atoms in total. The van der Waals surface area contributed by atoms with Crippen LogP contribution in [-0.4, -0.2) is 28.8 Å². The maximum absolute atomic E-state index is 13.7. The van der Waals surface area contributed by atoms with E-state index in [1.54, 1.807) is 54.6 Å². The Morgan fingerprint density at radius 1 is 0.686 bits per heavy atom. The minimum absolute atomic E-state index is 0.00833. The van der Waals surface area contributed by atoms with E-state index in [0.29, 0.717) is 11.3 Å². The predicted molar refractivity (Wildman–Crippen MR) is 203 cm³/mol. The molecule has 51 heavy (non-hydrogen) atoms. The third-order valence-corrected chi connectivity index (χ3v) is 9.43. The SMILES string of the molecule is O=C(Nc1ccc(SC(C(=O)Nc2cc(C(=O)O)ccc2Cl)c2ccccc2)cc1)/C(=C/c1cccc2ccccc12)NC(=O)c1ccccc1. The Kier molecular flexibility index (Phi) is 10.9. The van der Waals surface area contributed by atoms with E-state index in [9.17, 15) is 24.3 Å². The highest BCUT2D eigenvalue weighted by molar-refractivity contribution is 8.00. The van der Waals surface area contributed by atoms with Gasteiger partial charge in [0, 0.05) is 16.1 Å². The zero-order valence-corrected chi connectivity index (χ0v) is 28.4. The summed E-state index contributed by atoms with van der Waals surface area (Å²) in [6.45, 7) is 0. The number of nitrogens with one attached hydrogen (secondary N) is 3. The second-order valence-electron chi connectivity index (χ2n) is 11.3. The van der Waals surface area contributed by atoms with E-state index in [0.717, 1.165) is 26.8 Å². The lowest BCUT2D eigenvalue weighted by Crippen LogP contribution is -2.30. The summed E-state index contributed by atoms with van der Waals surface area (Å²) in [6, 6.07) is 42.4. The fourth-order valence-corrected chi connectivity index (χ4v) is 6.47. The van der Waals surface area contributed by atoms with Crippen LogP contribution in [0.15, 0.2) is 156 Å². The van der Waals surface area contributed by atoms with Gasteiger partial charge in [0.25, 0.3) is 11.8 Å². The summed E-state index contributed by atoms with van der Waals surface area (Å²) in [5.74, 6) is -2.48. The van der Waals surface area contributed by atoms with Crippen LogP contribution in [0, 0.1) is 0 Å². The van der Waals surface area contributed by atoms with Gasteiger partial charge < -0.3 is 21.1 Å². The van der Waals surface area contributed by atoms with Crippen molar-refractivity contribution in [2.45, 2.75) is 10.1 Å². The topological polar surface area (TPSA) is 125 Å². The number of amides is 3. The molecule has 4 N–H and O–H groups in total. The summed E-state index contributed by atoms with van der Waals surface area (Å²) in [6.07, 6.45) is 1.66. The van der Waals surface area contributed by atoms with Gasteiger partial charge in [-0.2, -0.15) is 0 Å². The standard InChI is InChI=1S/C41H30ClN3O5S/c42-34-23-18-30(41(49)50)25-35(34)44-40(48)37(27-11-3-1-4-12-27)51-32-21-19-31(20-22-32)43-39(47)36(45-38(46)28-13-5-2-6-14-28)24-29-16-9-15-26-10-7-8-17-33(26)29/h1-25,37H,(H,43,47)(H,44,48)(H,45,46)(H,49,50)/b36-24-. The number of carbonyl (C=O) groups excluding carboxylic acids is 3. The molecule has 1 unspecified atom stereocenters. The van der Waals surface area contributed by atoms with Crippen molar-refractivity contribution in [3.05, 3.63) is 179 Å². The summed E-state index contributed by atoms with van der Waals surface area (Å²) in [5, 5.41) is 19.3. The number of carboxylic acids is 1. The first-order valence-electron chi connectivity index (χ1n) is 15.8. The highest BCUT2D eigenvalue weighted by Crippen LogP contribution is 2.37. The number of hydrogen-bond donors (Lipinski definition) is 4. The van der Waals surface area contributed by atoms with E-state index in [2.05, 4.69) is 16.0 Å². The number of thioether (sulfide) groups is 1. The van der Waals surface area contributed by atoms with Crippen LogP contribution in [0.1, 0.15) is 37.1 Å². The van der Waals surface area contributed by atoms with Crippen molar-refractivity contribution in [1.82, 2.24) is 5.32 Å². The van der Waals surface area contributed by atoms with Crippen LogP contribution >= 0.6 is 23.4 Å². The molecule has 0 heterocycles. The monoisotopic (exact) mass is 711 g/mol. The maximum atomic E-state index is 13.7. The third-order valence-electron chi connectivity index (χ3n) is 7.83. The first-order valence-corrected chi connectivity index (χ1v) is 17.0. The van der Waals surface area contributed by atoms with E-state index < -0.39 is 28.9 Å². The Morgan fingerprint density at radius 2 is 1.35 bits per heavy atom. The Hall–Kier alpha value is -6.16. The lowest BCUT2D eigenvalue weighted by molar-refractivity contribution is -0.116. The summed E-state index contributed by atoms with van der Waals surface area (Å²) >= 11 is 7.57. The van der Waals surface area contributed by atoms with E-state index >= 15 is 0 Å². The van der Waals surface area contributed by atoms with Crippen LogP contribution in [0.25, 0.3) is 16.8 Å². The largest absolute Gasteiger partial charge is 0.478 e. The fourth-order valence-electron chi connectivity index (χ4n) is 5.28. The zero-order valence-electron chi connectivity index (χ0n) is 26.9. The summed E-state index contributed by atoms with van der Waals surface area (Å²) in [7, 11) is 0. The number of benzene rings is 6. The number of halogens is 1. The summed E-state index contributed by atoms with van der Waals surface area (Å²) in [5.41, 5.74) is 2.60. The van der Waals surface area contributed by atoms with Gasteiger partial charge in [0.2, 0.25) is 5.91 Å². The number of hydrogen-bond acceptors (Lipinski definition) is 5. The number of fused-ring (bicyclic) bond motifs is 1. The molecule has 0 radical (unpaired) electrons. The van der Waals surface area contributed by atoms with Crippen LogP contribution in [-0.2, 0) is 9.59 Å². The quantitative estimate of drug-likeness (QED) is 0.0785. The highest BCUT2D eigenvalue weighted by atomic mass is 35.5. The minimum Gasteiger partial charge on any atom is -0.478 e. The molecule has 3 amide bonds. The van der Waals surface area contributed by atoms with Gasteiger partial charge in [-0.15, -0.1) is 11.8 Å². The van der Waals surface area contributed by atoms with Crippen LogP contribution in [0.2, 0.25) is 5.02 Å². The van der Waals surface area contributed by atoms with Gasteiger partial charge >= 0.3 is 5.97 Å². The molecule has 6 aromatic carbocycles. The molecule has 0 aromatic heterocycles. The molecule has 10 heteroatoms. The average Bonchev–Trinajstić information content (AvgIpc) is 3.15. The molecule has 0 bridgehead atoms. The van der Waals surface area contributed by atoms with Crippen LogP contribution in [0.4, 0.5) is 11.4 Å². The van der Waals surface area contributed by atoms with Gasteiger partial charge in [-0.05, 0) is 82.6 Å². The summed E-state index contributed by atoms with van der Waals surface area (Å²) in [4.78, 5) is 52.7. The molecule has 0 aliphatic heterocycles. The third kappa shape index (κ3) is 8.72. The molecule has 0 saturated heterocycles. The molecule has 0 saturated carbocycles. The Morgan fingerprint density at radius 3 is 2.08 bits per heavy atom. The van der Waals surface area contributed by atoms with Crippen molar-refractivity contribution in [3.8, 4) is 0 Å². The normalized spacial score (nSPS) is 11.7. The number of anilines is 2. The van der Waals surface area contributed by atoms with Gasteiger partial charge in [0.1, 0.15) is 10.9 Å². The molecule has 0 spiro atoms. The number of rotatable bonds is 11. The number of carboxylic acid groups (broad SMARTS) is 1. The molecule has 0 fully saturated rings. The van der Waals surface area contributed by atoms with Gasteiger partial charge in [0.05, 0.1) is 16.3 Å². The zero-order chi connectivity index (χ0) is 35.7. The van der Waals surface area contributed by atoms with Crippen molar-refractivity contribution < 1.29 is 24.3 Å². The predicted octanol–water partition coefficient (Wildman–Crippen LogP) is 9.07. The van der Waals surface area contributed by atoms with Gasteiger partial charge in [-0.3, -0.25) is 14.4 Å². The molecule has 1 atom stereocenters. The molecular formula is C41H30ClN3O5S. The van der Waals surface area contributed by atoms with Crippen LogP contribution in [0.5, 0.6) is 0 Å². The van der Waals surface area contributed by atoms with Crippen LogP contribution < -0.4 is 16.0 Å². The van der Waals surface area contributed by atoms with Crippen molar-refractivity contribution in [2.24, 2.45) is 0 Å². The van der Waals surface area contributed by atoms with E-state index in [-0.39, 0.29) is 22.0 Å². The molecule has 6 rings (SSSR count). The van der Waals surface area contributed by atoms with E-state index in [1.807, 2.05) is 78.9 Å². The van der Waals surface area contributed by atoms with Crippen LogP contribution in [0.3, 0.4) is 0 Å². The Labute approximate surface area is 303 Å². The van der Waals surface area contributed by atoms with E-state index in [4.69, 9.17) is 11.6 Å². The highest BCUT2D eigenvalue weighted by Gasteiger charge is 2.24. The molecule has 252 valence electrons. The molecule has 0 aliphatic rings. The van der Waals surface area contributed by atoms with E-state index in [1.165, 1.54) is 30.0 Å². The molecule has 6 aromatic rings. The van der Waals surface area contributed by atoms with Gasteiger partial charge in [0.15, 0.2) is 0 Å². The lowest BCUT2D eigenvalue weighted by Gasteiger charge is -2.18. The van der Waals surface area contributed by atoms with Crippen molar-refractivity contribution in [2.75, 3.05) is 10.6 Å². The van der Waals surface area contributed by atoms with Gasteiger partial charge in [-0.25, -0.2) is 4.79 Å². The second-order valence-corrected chi connectivity index (χ2v) is 12.9. The first kappa shape index (κ1) is 34.7. The first-order chi connectivity index (χ1) is 24.7. The number of carbonyl (C=O) groups is 4. The second kappa shape index (κ2) is 16.0. The van der Waals surface area contributed by atoms with Gasteiger partial charge in [-0.1, -0.05) is 103 Å². The van der Waals surface area contributed by atoms with Crippen molar-refractivity contribution >= 4 is 75.3 Å². The molecule has 0 aliphatic carbocycles. The fraction of sp³-hybridized carbons (Fsp3) is 0.0244. The molecular weight excluding hydrogens is 682 g/mol. The average molecular weight is 712 g/mol. The van der Waals surface area contributed by atoms with Crippen molar-refractivity contribution in [3.63, 3.8) is 0 Å². The summed E-state index contributed by atoms with van der Waals surface area (Å²) < 4.78 is 0. The number of aromatic carboxylic acids is 1. The Bertz CT molecular complexity index is 2260. The Balaban J connectivity index is 1.23. The smallest absolute Gasteiger partial charge is 0.335 e. The minimum atomic E-state index is -1.14. The van der Waals surface area contributed by atoms with Crippen molar-refractivity contribution in [1.29, 1.82) is 0 Å². The maximum Gasteiger partial charge on any atom is 0.335 e.